The second-order valence-electron chi connectivity index (χ2n) is 16.1. The highest BCUT2D eigenvalue weighted by Gasteiger charge is 2.83. The molecule has 232 valence electrons. The Labute approximate surface area is 247 Å². The van der Waals surface area contributed by atoms with Crippen molar-refractivity contribution in [2.75, 3.05) is 26.8 Å². The third-order valence-corrected chi connectivity index (χ3v) is 14.7. The number of aliphatic hydroxyl groups is 1. The molecule has 1 amide bonds. The number of aliphatic hydroxyl groups excluding tert-OH is 1. The van der Waals surface area contributed by atoms with Crippen LogP contribution in [0.4, 0.5) is 0 Å². The van der Waals surface area contributed by atoms with Gasteiger partial charge in [-0.3, -0.25) is 4.79 Å². The number of hydrogen-bond acceptors (Lipinski definition) is 6. The number of rotatable bonds is 7. The molecule has 0 aromatic carbocycles. The molecule has 41 heavy (non-hydrogen) atoms. The molecule has 6 fully saturated rings. The smallest absolute Gasteiger partial charge is 0.219 e. The molecule has 1 saturated heterocycles. The summed E-state index contributed by atoms with van der Waals surface area (Å²) in [4.78, 5) is 25.4. The Hall–Kier alpha value is -1.02. The normalized spacial score (nSPS) is 49.6. The van der Waals surface area contributed by atoms with Gasteiger partial charge in [-0.2, -0.15) is 0 Å². The van der Waals surface area contributed by atoms with Crippen LogP contribution >= 0.6 is 0 Å². The molecule has 5 aliphatic carbocycles. The van der Waals surface area contributed by atoms with Gasteiger partial charge in [0.1, 0.15) is 12.4 Å². The number of nitrogens with zero attached hydrogens (tertiary/aromatic N) is 1. The molecule has 1 N–H and O–H groups in total. The van der Waals surface area contributed by atoms with Gasteiger partial charge >= 0.3 is 0 Å². The number of amides is 1. The van der Waals surface area contributed by atoms with Crippen molar-refractivity contribution >= 4 is 12.2 Å². The number of methoxy groups -OCH3 is 1. The van der Waals surface area contributed by atoms with Crippen LogP contribution in [-0.2, 0) is 23.8 Å². The summed E-state index contributed by atoms with van der Waals surface area (Å²) in [6.45, 7) is 15.4. The van der Waals surface area contributed by atoms with Crippen LogP contribution in [0.5, 0.6) is 0 Å². The number of morpholine rings is 1. The molecule has 5 unspecified atom stereocenters. The van der Waals surface area contributed by atoms with E-state index in [-0.39, 0.29) is 46.8 Å². The van der Waals surface area contributed by atoms with Gasteiger partial charge in [-0.25, -0.2) is 0 Å². The lowest BCUT2D eigenvalue weighted by Gasteiger charge is -2.64. The van der Waals surface area contributed by atoms with E-state index in [1.54, 1.807) is 14.0 Å². The second-order valence-corrected chi connectivity index (χ2v) is 16.1. The quantitative estimate of drug-likeness (QED) is 0.420. The lowest BCUT2D eigenvalue weighted by atomic mass is 9.41. The molecule has 12 atom stereocenters. The van der Waals surface area contributed by atoms with E-state index in [4.69, 9.17) is 14.2 Å². The van der Waals surface area contributed by atoms with E-state index in [2.05, 4.69) is 34.6 Å². The van der Waals surface area contributed by atoms with Gasteiger partial charge in [-0.05, 0) is 103 Å². The van der Waals surface area contributed by atoms with Crippen molar-refractivity contribution in [3.8, 4) is 0 Å². The standard InChI is InChI=1S/C34H55NO6/c1-21(16-23(19-36)39-7)24-17-27(38)32(6)26-9-8-25-30(3,4)28(41-29-18-35(22(2)37)14-15-40-29)10-11-33(25)20-34(26,33)13-12-31(24,32)5/h19,21,23-29,38H,8-18,20H2,1-7H3/t21-,23?,24?,25+,26+,27+,28?,29?,31-,32-,33-,34?/m1/s1. The first kappa shape index (κ1) is 30.0. The molecule has 0 aromatic heterocycles. The fraction of sp³-hybridized carbons (Fsp3) is 0.941. The van der Waals surface area contributed by atoms with Gasteiger partial charge in [-0.15, -0.1) is 0 Å². The van der Waals surface area contributed by atoms with Crippen LogP contribution in [0.15, 0.2) is 0 Å². The van der Waals surface area contributed by atoms with Crippen LogP contribution in [0.25, 0.3) is 0 Å². The molecule has 7 nitrogen and oxygen atoms in total. The maximum Gasteiger partial charge on any atom is 0.219 e. The number of ether oxygens (including phenoxy) is 3. The SMILES string of the molecule is COC(C=O)C[C@@H](C)C1C[C@H](O)[C@@]2(C)[C@@H]3CC[C@H]4C(C)(C)C(OC5CN(C(C)=O)CCO5)CC[C@@]45CC35CC[C@]12C. The average molecular weight is 574 g/mol. The van der Waals surface area contributed by atoms with Gasteiger partial charge in [-0.1, -0.05) is 34.6 Å². The maximum atomic E-state index is 12.0. The number of carbonyl (C=O) groups is 2. The summed E-state index contributed by atoms with van der Waals surface area (Å²) < 4.78 is 18.1. The highest BCUT2D eigenvalue weighted by atomic mass is 16.7. The monoisotopic (exact) mass is 573 g/mol. The Morgan fingerprint density at radius 2 is 1.80 bits per heavy atom. The lowest BCUT2D eigenvalue weighted by Crippen LogP contribution is -2.60. The Kier molecular flexibility index (Phi) is 7.32. The van der Waals surface area contributed by atoms with Crippen molar-refractivity contribution in [2.45, 2.75) is 124 Å². The molecule has 1 heterocycles. The van der Waals surface area contributed by atoms with E-state index in [9.17, 15) is 14.7 Å². The van der Waals surface area contributed by atoms with E-state index in [1.807, 2.05) is 4.90 Å². The van der Waals surface area contributed by atoms with E-state index < -0.39 is 0 Å². The Balaban J connectivity index is 1.22. The van der Waals surface area contributed by atoms with Crippen molar-refractivity contribution in [2.24, 2.45) is 50.7 Å². The topological polar surface area (TPSA) is 85.3 Å². The van der Waals surface area contributed by atoms with Gasteiger partial charge < -0.3 is 29.0 Å². The van der Waals surface area contributed by atoms with E-state index in [0.717, 1.165) is 32.0 Å². The maximum absolute atomic E-state index is 12.0. The first-order valence-electron chi connectivity index (χ1n) is 16.5. The minimum Gasteiger partial charge on any atom is -0.393 e. The largest absolute Gasteiger partial charge is 0.393 e. The number of fused-ring (bicyclic) bond motifs is 2. The van der Waals surface area contributed by atoms with Crippen LogP contribution in [0.2, 0.25) is 0 Å². The summed E-state index contributed by atoms with van der Waals surface area (Å²) in [5.74, 6) is 1.97. The Morgan fingerprint density at radius 1 is 1.10 bits per heavy atom. The van der Waals surface area contributed by atoms with Crippen LogP contribution in [0, 0.1) is 50.7 Å². The van der Waals surface area contributed by atoms with Crippen LogP contribution in [0.1, 0.15) is 99.3 Å². The molecule has 0 bridgehead atoms. The first-order chi connectivity index (χ1) is 19.3. The minimum absolute atomic E-state index is 0.0333. The molecular formula is C34H55NO6. The molecule has 0 radical (unpaired) electrons. The van der Waals surface area contributed by atoms with Crippen molar-refractivity contribution in [3.05, 3.63) is 0 Å². The summed E-state index contributed by atoms with van der Waals surface area (Å²) in [5, 5.41) is 11.9. The minimum atomic E-state index is -0.362. The Bertz CT molecular complexity index is 1050. The third-order valence-electron chi connectivity index (χ3n) is 14.7. The summed E-state index contributed by atoms with van der Waals surface area (Å²) in [7, 11) is 1.63. The van der Waals surface area contributed by atoms with Gasteiger partial charge in [0.05, 0.1) is 25.4 Å². The van der Waals surface area contributed by atoms with Gasteiger partial charge in [0.2, 0.25) is 5.91 Å². The lowest BCUT2D eigenvalue weighted by molar-refractivity contribution is -0.247. The van der Waals surface area contributed by atoms with Crippen LogP contribution in [-0.4, -0.2) is 73.6 Å². The number of carbonyl (C=O) groups excluding carboxylic acids is 2. The van der Waals surface area contributed by atoms with E-state index in [1.165, 1.54) is 32.1 Å². The van der Waals surface area contributed by atoms with Gasteiger partial charge in [0.25, 0.3) is 0 Å². The van der Waals surface area contributed by atoms with Crippen molar-refractivity contribution in [1.29, 1.82) is 0 Å². The predicted octanol–water partition coefficient (Wildman–Crippen LogP) is 5.23. The van der Waals surface area contributed by atoms with Gasteiger partial charge in [0.15, 0.2) is 6.29 Å². The molecule has 0 aromatic rings. The molecule has 1 aliphatic heterocycles. The molecule has 7 heteroatoms. The van der Waals surface area contributed by atoms with E-state index >= 15 is 0 Å². The number of aldehydes is 1. The molecular weight excluding hydrogens is 518 g/mol. The number of hydrogen-bond donors (Lipinski definition) is 1. The van der Waals surface area contributed by atoms with E-state index in [0.29, 0.717) is 54.2 Å². The first-order valence-corrected chi connectivity index (χ1v) is 16.5. The third kappa shape index (κ3) is 4.03. The fourth-order valence-corrected chi connectivity index (χ4v) is 12.4. The fourth-order valence-electron chi connectivity index (χ4n) is 12.4. The zero-order chi connectivity index (χ0) is 29.6. The highest BCUT2D eigenvalue weighted by Crippen LogP contribution is 2.89. The molecule has 2 spiro atoms. The van der Waals surface area contributed by atoms with Crippen molar-refractivity contribution < 1.29 is 28.9 Å². The predicted molar refractivity (Wildman–Crippen MR) is 156 cm³/mol. The van der Waals surface area contributed by atoms with Crippen LogP contribution < -0.4 is 0 Å². The molecule has 6 rings (SSSR count). The molecule has 6 aliphatic rings. The van der Waals surface area contributed by atoms with Crippen LogP contribution in [0.3, 0.4) is 0 Å². The zero-order valence-corrected chi connectivity index (χ0v) is 26.6. The summed E-state index contributed by atoms with van der Waals surface area (Å²) in [6, 6.07) is 0. The Morgan fingerprint density at radius 3 is 2.49 bits per heavy atom. The van der Waals surface area contributed by atoms with Crippen molar-refractivity contribution in [1.82, 2.24) is 4.90 Å². The average Bonchev–Trinajstić information content (AvgIpc) is 3.56. The van der Waals surface area contributed by atoms with Crippen molar-refractivity contribution in [3.63, 3.8) is 0 Å². The van der Waals surface area contributed by atoms with Gasteiger partial charge in [0, 0.05) is 26.0 Å². The highest BCUT2D eigenvalue weighted by molar-refractivity contribution is 5.73. The summed E-state index contributed by atoms with van der Waals surface area (Å²) in [6.07, 6.45) is 9.98. The zero-order valence-electron chi connectivity index (χ0n) is 26.6. The molecule has 5 saturated carbocycles. The second kappa shape index (κ2) is 10.0. The summed E-state index contributed by atoms with van der Waals surface area (Å²) in [5.41, 5.74) is 0.675. The summed E-state index contributed by atoms with van der Waals surface area (Å²) >= 11 is 0.